The number of hydrogen-bond donors (Lipinski definition) is 0. The van der Waals surface area contributed by atoms with Crippen molar-refractivity contribution in [3.63, 3.8) is 0 Å². The summed E-state index contributed by atoms with van der Waals surface area (Å²) in [5, 5.41) is 2.12. The quantitative estimate of drug-likeness (QED) is 0.519. The van der Waals surface area contributed by atoms with E-state index in [1.807, 2.05) is 0 Å². The maximum Gasteiger partial charge on any atom is 0.159 e. The number of benzene rings is 1. The molecule has 64 valence electrons. The van der Waals surface area contributed by atoms with Gasteiger partial charge in [0.25, 0.3) is 0 Å². The fourth-order valence-corrected chi connectivity index (χ4v) is 0.730. The van der Waals surface area contributed by atoms with Crippen molar-refractivity contribution >= 4 is 0 Å². The van der Waals surface area contributed by atoms with Gasteiger partial charge < -0.3 is 4.84 Å². The van der Waals surface area contributed by atoms with E-state index in [4.69, 9.17) is 0 Å². The lowest BCUT2D eigenvalue weighted by atomic mass is 10.2. The Morgan fingerprint density at radius 2 is 2.08 bits per heavy atom. The highest BCUT2D eigenvalue weighted by Crippen LogP contribution is 2.09. The zero-order chi connectivity index (χ0) is 8.97. The van der Waals surface area contributed by atoms with Crippen LogP contribution >= 0.6 is 0 Å². The molecule has 0 aliphatic rings. The highest BCUT2D eigenvalue weighted by molar-refractivity contribution is 5.16. The lowest BCUT2D eigenvalue weighted by Gasteiger charge is -1.97. The van der Waals surface area contributed by atoms with Crippen molar-refractivity contribution < 1.29 is 13.6 Å². The maximum atomic E-state index is 12.5. The summed E-state index contributed by atoms with van der Waals surface area (Å²) in [4.78, 5) is 13.6. The minimum atomic E-state index is -0.970. The molecule has 1 aromatic rings. The lowest BCUT2D eigenvalue weighted by Crippen LogP contribution is -1.90. The Hall–Kier alpha value is -1.52. The predicted octanol–water partition coefficient (Wildman–Crippen LogP) is 2.16. The first kappa shape index (κ1) is 8.58. The lowest BCUT2D eigenvalue weighted by molar-refractivity contribution is 0.125. The Morgan fingerprint density at radius 1 is 1.33 bits per heavy atom. The van der Waals surface area contributed by atoms with E-state index in [1.54, 1.807) is 0 Å². The molecule has 0 unspecified atom stereocenters. The summed E-state index contributed by atoms with van der Waals surface area (Å²) in [6.45, 7) is -0.152. The van der Waals surface area contributed by atoms with Crippen LogP contribution in [0.5, 0.6) is 0 Å². The molecule has 0 bridgehead atoms. The molecule has 0 saturated carbocycles. The first-order chi connectivity index (χ1) is 5.74. The van der Waals surface area contributed by atoms with Gasteiger partial charge in [-0.05, 0) is 17.7 Å². The summed E-state index contributed by atoms with van der Waals surface area (Å²) in [5.74, 6) is -1.90. The van der Waals surface area contributed by atoms with E-state index >= 15 is 0 Å². The van der Waals surface area contributed by atoms with Crippen LogP contribution in [-0.2, 0) is 11.4 Å². The average molecular weight is 173 g/mol. The van der Waals surface area contributed by atoms with Gasteiger partial charge in [-0.15, -0.1) is 4.91 Å². The zero-order valence-corrected chi connectivity index (χ0v) is 5.96. The van der Waals surface area contributed by atoms with E-state index in [1.165, 1.54) is 6.07 Å². The molecule has 0 fully saturated rings. The molecule has 0 N–H and O–H groups in total. The van der Waals surface area contributed by atoms with Crippen molar-refractivity contribution in [2.75, 3.05) is 0 Å². The zero-order valence-electron chi connectivity index (χ0n) is 5.96. The van der Waals surface area contributed by atoms with Gasteiger partial charge in [-0.2, -0.15) is 0 Å². The highest BCUT2D eigenvalue weighted by atomic mass is 19.2. The minimum absolute atomic E-state index is 0.152. The molecular formula is C7H5F2NO2. The highest BCUT2D eigenvalue weighted by Gasteiger charge is 2.02. The summed E-state index contributed by atoms with van der Waals surface area (Å²) in [5.41, 5.74) is 0.355. The van der Waals surface area contributed by atoms with E-state index in [2.05, 4.69) is 10.2 Å². The van der Waals surface area contributed by atoms with Gasteiger partial charge in [0, 0.05) is 0 Å². The Morgan fingerprint density at radius 3 is 2.67 bits per heavy atom. The molecule has 0 radical (unpaired) electrons. The molecule has 1 rings (SSSR count). The van der Waals surface area contributed by atoms with Crippen molar-refractivity contribution in [1.29, 1.82) is 0 Å². The minimum Gasteiger partial charge on any atom is -0.359 e. The molecule has 3 nitrogen and oxygen atoms in total. The van der Waals surface area contributed by atoms with Crippen LogP contribution in [0.1, 0.15) is 5.56 Å². The van der Waals surface area contributed by atoms with E-state index in [0.29, 0.717) is 5.56 Å². The van der Waals surface area contributed by atoms with Crippen molar-refractivity contribution in [1.82, 2.24) is 0 Å². The fraction of sp³-hybridized carbons (Fsp3) is 0.143. The standard InChI is InChI=1S/C7H5F2NO2/c8-6-2-1-5(3-7(6)9)4-12-10-11/h1-3H,4H2. The number of rotatable bonds is 3. The van der Waals surface area contributed by atoms with Crippen LogP contribution in [0.15, 0.2) is 23.5 Å². The summed E-state index contributed by atoms with van der Waals surface area (Å²) in [6.07, 6.45) is 0. The van der Waals surface area contributed by atoms with Crippen molar-refractivity contribution in [2.24, 2.45) is 5.34 Å². The van der Waals surface area contributed by atoms with Crippen LogP contribution in [0.25, 0.3) is 0 Å². The van der Waals surface area contributed by atoms with Crippen LogP contribution in [-0.4, -0.2) is 0 Å². The van der Waals surface area contributed by atoms with Gasteiger partial charge in [0.2, 0.25) is 0 Å². The Balaban J connectivity index is 2.75. The molecule has 0 aliphatic carbocycles. The van der Waals surface area contributed by atoms with Crippen LogP contribution in [0.2, 0.25) is 0 Å². The van der Waals surface area contributed by atoms with Gasteiger partial charge in [-0.3, -0.25) is 0 Å². The molecule has 5 heteroatoms. The van der Waals surface area contributed by atoms with Crippen LogP contribution in [0.4, 0.5) is 8.78 Å². The third kappa shape index (κ3) is 1.98. The third-order valence-corrected chi connectivity index (χ3v) is 1.27. The number of halogens is 2. The second kappa shape index (κ2) is 3.75. The first-order valence-corrected chi connectivity index (χ1v) is 3.12. The first-order valence-electron chi connectivity index (χ1n) is 3.12. The molecule has 0 spiro atoms. The SMILES string of the molecule is O=NOCc1ccc(F)c(F)c1. The van der Waals surface area contributed by atoms with Gasteiger partial charge in [0.15, 0.2) is 17.0 Å². The molecule has 0 heterocycles. The Kier molecular flexibility index (Phi) is 2.68. The molecule has 1 aromatic carbocycles. The predicted molar refractivity (Wildman–Crippen MR) is 36.9 cm³/mol. The van der Waals surface area contributed by atoms with Gasteiger partial charge >= 0.3 is 0 Å². The van der Waals surface area contributed by atoms with Crippen LogP contribution in [0, 0.1) is 16.5 Å². The average Bonchev–Trinajstić information content (AvgIpc) is 2.07. The number of hydrogen-bond acceptors (Lipinski definition) is 3. The van der Waals surface area contributed by atoms with Gasteiger partial charge in [-0.1, -0.05) is 6.07 Å². The Bertz CT molecular complexity index is 291. The van der Waals surface area contributed by atoms with Gasteiger partial charge in [-0.25, -0.2) is 8.78 Å². The summed E-state index contributed by atoms with van der Waals surface area (Å²) < 4.78 is 24.8. The second-order valence-electron chi connectivity index (χ2n) is 2.10. The monoisotopic (exact) mass is 173 g/mol. The maximum absolute atomic E-state index is 12.5. The molecule has 0 aromatic heterocycles. The fourth-order valence-electron chi connectivity index (χ4n) is 0.730. The smallest absolute Gasteiger partial charge is 0.159 e. The van der Waals surface area contributed by atoms with E-state index < -0.39 is 11.6 Å². The largest absolute Gasteiger partial charge is 0.359 e. The summed E-state index contributed by atoms with van der Waals surface area (Å²) in [6, 6.07) is 3.21. The summed E-state index contributed by atoms with van der Waals surface area (Å²) >= 11 is 0. The van der Waals surface area contributed by atoms with Crippen molar-refractivity contribution in [3.8, 4) is 0 Å². The number of nitrogens with zero attached hydrogens (tertiary/aromatic N) is 1. The van der Waals surface area contributed by atoms with E-state index in [9.17, 15) is 13.7 Å². The van der Waals surface area contributed by atoms with E-state index in [0.717, 1.165) is 12.1 Å². The molecule has 12 heavy (non-hydrogen) atoms. The second-order valence-corrected chi connectivity index (χ2v) is 2.10. The van der Waals surface area contributed by atoms with Crippen molar-refractivity contribution in [2.45, 2.75) is 6.61 Å². The van der Waals surface area contributed by atoms with Crippen molar-refractivity contribution in [3.05, 3.63) is 40.3 Å². The molecule has 0 aliphatic heterocycles. The van der Waals surface area contributed by atoms with E-state index in [-0.39, 0.29) is 6.61 Å². The summed E-state index contributed by atoms with van der Waals surface area (Å²) in [7, 11) is 0. The molecular weight excluding hydrogens is 168 g/mol. The molecule has 0 saturated heterocycles. The van der Waals surface area contributed by atoms with Gasteiger partial charge in [0.1, 0.15) is 6.61 Å². The Labute approximate surface area is 66.9 Å². The van der Waals surface area contributed by atoms with Crippen LogP contribution in [0.3, 0.4) is 0 Å². The normalized spacial score (nSPS) is 9.50. The molecule has 0 atom stereocenters. The van der Waals surface area contributed by atoms with Gasteiger partial charge in [0.05, 0.1) is 0 Å². The topological polar surface area (TPSA) is 38.7 Å². The molecule has 0 amide bonds. The third-order valence-electron chi connectivity index (χ3n) is 1.27. The van der Waals surface area contributed by atoms with Crippen LogP contribution < -0.4 is 0 Å².